The third-order valence-corrected chi connectivity index (χ3v) is 6.11. The van der Waals surface area contributed by atoms with Crippen LogP contribution in [0.25, 0.3) is 17.2 Å². The largest absolute Gasteiger partial charge is 0.356 e. The van der Waals surface area contributed by atoms with Gasteiger partial charge in [-0.2, -0.15) is 0 Å². The van der Waals surface area contributed by atoms with E-state index in [0.29, 0.717) is 12.5 Å². The fraction of sp³-hybridized carbons (Fsp3) is 0.542. The van der Waals surface area contributed by atoms with Crippen LogP contribution in [0.15, 0.2) is 23.5 Å². The second kappa shape index (κ2) is 8.02. The van der Waals surface area contributed by atoms with Gasteiger partial charge in [0.15, 0.2) is 5.65 Å². The second-order valence-electron chi connectivity index (χ2n) is 9.83. The number of pyridine rings is 1. The van der Waals surface area contributed by atoms with Crippen molar-refractivity contribution in [2.45, 2.75) is 59.4 Å². The highest BCUT2D eigenvalue weighted by atomic mass is 16.1. The Bertz CT molecular complexity index is 1160. The Labute approximate surface area is 183 Å². The summed E-state index contributed by atoms with van der Waals surface area (Å²) in [6.45, 7) is 14.9. The SMILES string of the molecule is C=Cc1nc(C2CCCN(c3ccc4c(n3)n(C)c(=O)n4CC(C)(C)C)C2)[nH]c1CC. The molecule has 3 aromatic heterocycles. The minimum atomic E-state index is -0.00858. The lowest BCUT2D eigenvalue weighted by Crippen LogP contribution is -2.35. The zero-order valence-corrected chi connectivity index (χ0v) is 19.4. The van der Waals surface area contributed by atoms with Gasteiger partial charge in [-0.3, -0.25) is 9.13 Å². The molecular weight excluding hydrogens is 388 g/mol. The fourth-order valence-electron chi connectivity index (χ4n) is 4.55. The first-order valence-corrected chi connectivity index (χ1v) is 11.2. The summed E-state index contributed by atoms with van der Waals surface area (Å²) >= 11 is 0. The van der Waals surface area contributed by atoms with E-state index in [2.05, 4.69) is 50.2 Å². The number of hydrogen-bond donors (Lipinski definition) is 1. The van der Waals surface area contributed by atoms with E-state index in [1.165, 1.54) is 0 Å². The van der Waals surface area contributed by atoms with Gasteiger partial charge in [-0.15, -0.1) is 0 Å². The van der Waals surface area contributed by atoms with E-state index in [-0.39, 0.29) is 11.1 Å². The van der Waals surface area contributed by atoms with E-state index >= 15 is 0 Å². The molecule has 0 radical (unpaired) electrons. The van der Waals surface area contributed by atoms with Crippen molar-refractivity contribution in [1.82, 2.24) is 24.1 Å². The predicted molar refractivity (Wildman–Crippen MR) is 127 cm³/mol. The number of imidazole rings is 2. The molecule has 1 fully saturated rings. The highest BCUT2D eigenvalue weighted by Gasteiger charge is 2.26. The smallest absolute Gasteiger partial charge is 0.330 e. The molecule has 1 unspecified atom stereocenters. The van der Waals surface area contributed by atoms with E-state index in [1.54, 1.807) is 4.57 Å². The van der Waals surface area contributed by atoms with Crippen molar-refractivity contribution in [3.8, 4) is 0 Å². The van der Waals surface area contributed by atoms with Gasteiger partial charge in [-0.1, -0.05) is 34.3 Å². The van der Waals surface area contributed by atoms with Gasteiger partial charge in [-0.25, -0.2) is 14.8 Å². The number of rotatable bonds is 5. The molecule has 0 bridgehead atoms. The highest BCUT2D eigenvalue weighted by Crippen LogP contribution is 2.30. The molecule has 4 heterocycles. The molecule has 1 atom stereocenters. The number of hydrogen-bond acceptors (Lipinski definition) is 4. The van der Waals surface area contributed by atoms with Crippen LogP contribution in [0.2, 0.25) is 0 Å². The molecular formula is C24H34N6O. The van der Waals surface area contributed by atoms with Crippen LogP contribution in [-0.2, 0) is 20.0 Å². The van der Waals surface area contributed by atoms with Crippen molar-refractivity contribution in [1.29, 1.82) is 0 Å². The Balaban J connectivity index is 1.64. The van der Waals surface area contributed by atoms with Crippen LogP contribution in [-0.4, -0.2) is 37.2 Å². The van der Waals surface area contributed by atoms with Gasteiger partial charge in [0.25, 0.3) is 0 Å². The molecule has 1 saturated heterocycles. The third kappa shape index (κ3) is 4.05. The lowest BCUT2D eigenvalue weighted by molar-refractivity contribution is 0.342. The number of aromatic amines is 1. The zero-order valence-electron chi connectivity index (χ0n) is 19.4. The van der Waals surface area contributed by atoms with E-state index < -0.39 is 0 Å². The van der Waals surface area contributed by atoms with Crippen LogP contribution in [0.5, 0.6) is 0 Å². The summed E-state index contributed by atoms with van der Waals surface area (Å²) < 4.78 is 3.51. The molecule has 1 N–H and O–H groups in total. The molecule has 1 aliphatic rings. The van der Waals surface area contributed by atoms with Crippen molar-refractivity contribution in [3.05, 3.63) is 46.4 Å². The average molecular weight is 423 g/mol. The molecule has 7 heteroatoms. The molecule has 1 aliphatic heterocycles. The van der Waals surface area contributed by atoms with Crippen LogP contribution in [0.1, 0.15) is 63.7 Å². The van der Waals surface area contributed by atoms with Gasteiger partial charge in [0.2, 0.25) is 0 Å². The number of piperidine rings is 1. The van der Waals surface area contributed by atoms with E-state index in [4.69, 9.17) is 9.97 Å². The molecule has 3 aromatic rings. The molecule has 4 rings (SSSR count). The molecule has 7 nitrogen and oxygen atoms in total. The van der Waals surface area contributed by atoms with Crippen LogP contribution < -0.4 is 10.6 Å². The van der Waals surface area contributed by atoms with Gasteiger partial charge in [0, 0.05) is 38.3 Å². The van der Waals surface area contributed by atoms with Gasteiger partial charge in [-0.05, 0) is 42.9 Å². The molecule has 166 valence electrons. The van der Waals surface area contributed by atoms with Gasteiger partial charge in [0.1, 0.15) is 11.6 Å². The van der Waals surface area contributed by atoms with Crippen LogP contribution in [0.4, 0.5) is 5.82 Å². The van der Waals surface area contributed by atoms with E-state index in [9.17, 15) is 4.79 Å². The summed E-state index contributed by atoms with van der Waals surface area (Å²) in [5.41, 5.74) is 3.76. The van der Waals surface area contributed by atoms with E-state index in [0.717, 1.165) is 66.5 Å². The number of H-pyrrole nitrogens is 1. The van der Waals surface area contributed by atoms with Crippen molar-refractivity contribution in [2.75, 3.05) is 18.0 Å². The second-order valence-corrected chi connectivity index (χ2v) is 9.83. The van der Waals surface area contributed by atoms with Crippen molar-refractivity contribution >= 4 is 23.1 Å². The summed E-state index contributed by atoms with van der Waals surface area (Å²) in [6.07, 6.45) is 4.94. The molecule has 0 aromatic carbocycles. The van der Waals surface area contributed by atoms with Crippen molar-refractivity contribution in [3.63, 3.8) is 0 Å². The summed E-state index contributed by atoms with van der Waals surface area (Å²) in [5.74, 6) is 2.30. The Kier molecular flexibility index (Phi) is 5.54. The number of nitrogens with zero attached hydrogens (tertiary/aromatic N) is 5. The van der Waals surface area contributed by atoms with E-state index in [1.807, 2.05) is 23.8 Å². The minimum Gasteiger partial charge on any atom is -0.356 e. The van der Waals surface area contributed by atoms with Crippen LogP contribution >= 0.6 is 0 Å². The first kappa shape index (κ1) is 21.4. The normalized spacial score (nSPS) is 17.5. The summed E-state index contributed by atoms with van der Waals surface area (Å²) in [4.78, 5) is 28.4. The molecule has 0 amide bonds. The monoisotopic (exact) mass is 422 g/mol. The summed E-state index contributed by atoms with van der Waals surface area (Å²) in [5, 5.41) is 0. The number of aromatic nitrogens is 5. The predicted octanol–water partition coefficient (Wildman–Crippen LogP) is 4.09. The quantitative estimate of drug-likeness (QED) is 0.672. The maximum Gasteiger partial charge on any atom is 0.330 e. The van der Waals surface area contributed by atoms with Gasteiger partial charge in [0.05, 0.1) is 11.2 Å². The maximum atomic E-state index is 12.8. The first-order chi connectivity index (χ1) is 14.7. The Morgan fingerprint density at radius 1 is 1.29 bits per heavy atom. The number of anilines is 1. The third-order valence-electron chi connectivity index (χ3n) is 6.11. The van der Waals surface area contributed by atoms with Gasteiger partial charge < -0.3 is 9.88 Å². The lowest BCUT2D eigenvalue weighted by Gasteiger charge is -2.32. The number of fused-ring (bicyclic) bond motifs is 1. The van der Waals surface area contributed by atoms with Crippen molar-refractivity contribution < 1.29 is 0 Å². The van der Waals surface area contributed by atoms with Crippen LogP contribution in [0, 0.1) is 5.41 Å². The van der Waals surface area contributed by atoms with Crippen LogP contribution in [0.3, 0.4) is 0 Å². The molecule has 0 saturated carbocycles. The Hall–Kier alpha value is -2.83. The highest BCUT2D eigenvalue weighted by molar-refractivity contribution is 5.74. The zero-order chi connectivity index (χ0) is 22.3. The minimum absolute atomic E-state index is 0.00858. The van der Waals surface area contributed by atoms with Gasteiger partial charge >= 0.3 is 5.69 Å². The fourth-order valence-corrected chi connectivity index (χ4v) is 4.55. The molecule has 0 spiro atoms. The summed E-state index contributed by atoms with van der Waals surface area (Å²) in [6, 6.07) is 4.10. The lowest BCUT2D eigenvalue weighted by atomic mass is 9.97. The standard InChI is InChI=1S/C24H34N6O/c1-7-17-18(8-2)26-21(25-17)16-10-9-13-29(14-16)20-12-11-19-22(27-20)28(6)23(31)30(19)15-24(3,4)5/h7,11-12,16H,1,8-10,13-15H2,2-6H3,(H,25,26). The average Bonchev–Trinajstić information content (AvgIpc) is 3.28. The number of nitrogens with one attached hydrogen (secondary N) is 1. The molecule has 0 aliphatic carbocycles. The Morgan fingerprint density at radius 2 is 2.06 bits per heavy atom. The first-order valence-electron chi connectivity index (χ1n) is 11.2. The van der Waals surface area contributed by atoms with Crippen molar-refractivity contribution in [2.24, 2.45) is 12.5 Å². The summed E-state index contributed by atoms with van der Waals surface area (Å²) in [7, 11) is 1.81. The number of aryl methyl sites for hydroxylation is 2. The molecule has 31 heavy (non-hydrogen) atoms. The maximum absolute atomic E-state index is 12.8. The topological polar surface area (TPSA) is 71.7 Å². The Morgan fingerprint density at radius 3 is 2.71 bits per heavy atom.